The van der Waals surface area contributed by atoms with E-state index in [0.717, 1.165) is 31.5 Å². The van der Waals surface area contributed by atoms with Crippen molar-refractivity contribution in [3.63, 3.8) is 0 Å². The molecule has 1 aliphatic heterocycles. The number of amides is 1. The van der Waals surface area contributed by atoms with Crippen LogP contribution >= 0.6 is 0 Å². The van der Waals surface area contributed by atoms with Crippen LogP contribution in [-0.2, 0) is 4.79 Å². The van der Waals surface area contributed by atoms with Crippen LogP contribution in [0.3, 0.4) is 0 Å². The molecular weight excluding hydrogens is 306 g/mol. The second kappa shape index (κ2) is 6.72. The lowest BCUT2D eigenvalue weighted by Gasteiger charge is -2.24. The predicted octanol–water partition coefficient (Wildman–Crippen LogP) is 2.01. The summed E-state index contributed by atoms with van der Waals surface area (Å²) in [5.41, 5.74) is 1.56. The zero-order valence-corrected chi connectivity index (χ0v) is 13.4. The van der Waals surface area contributed by atoms with Crippen molar-refractivity contribution in [1.82, 2.24) is 15.1 Å². The van der Waals surface area contributed by atoms with Gasteiger partial charge in [-0.25, -0.2) is 4.68 Å². The van der Waals surface area contributed by atoms with E-state index in [-0.39, 0.29) is 17.7 Å². The van der Waals surface area contributed by atoms with Crippen molar-refractivity contribution in [3.8, 4) is 23.1 Å². The van der Waals surface area contributed by atoms with E-state index < -0.39 is 0 Å². The highest BCUT2D eigenvalue weighted by Gasteiger charge is 2.25. The molecule has 1 amide bonds. The van der Waals surface area contributed by atoms with Crippen molar-refractivity contribution in [2.24, 2.45) is 0 Å². The molecule has 1 aromatic heterocycles. The molecule has 2 heterocycles. The third-order valence-electron chi connectivity index (χ3n) is 4.07. The lowest BCUT2D eigenvalue weighted by molar-refractivity contribution is -0.114. The number of nitrogens with one attached hydrogen (secondary N) is 2. The standard InChI is InChI=1S/C17H19N5O2/c1-11(23)20-17-15(9-18)16(12-4-6-14(24)7-5-12)21-22(17)13-3-2-8-19-10-13/h4-7,13,19,24H,2-3,8,10H2,1H3,(H,20,23). The number of phenolic OH excluding ortho intramolecular Hbond substituents is 1. The smallest absolute Gasteiger partial charge is 0.222 e. The molecule has 24 heavy (non-hydrogen) atoms. The first kappa shape index (κ1) is 16.0. The van der Waals surface area contributed by atoms with Crippen molar-refractivity contribution < 1.29 is 9.90 Å². The summed E-state index contributed by atoms with van der Waals surface area (Å²) >= 11 is 0. The summed E-state index contributed by atoms with van der Waals surface area (Å²) in [6.07, 6.45) is 1.95. The normalized spacial score (nSPS) is 17.2. The molecule has 1 aromatic carbocycles. The number of rotatable bonds is 3. The molecule has 3 N–H and O–H groups in total. The summed E-state index contributed by atoms with van der Waals surface area (Å²) in [5, 5.41) is 29.8. The SMILES string of the molecule is CC(=O)Nc1c(C#N)c(-c2ccc(O)cc2)nn1C1CCCNC1. The van der Waals surface area contributed by atoms with Gasteiger partial charge in [-0.15, -0.1) is 0 Å². The molecule has 1 aliphatic rings. The van der Waals surface area contributed by atoms with Crippen LogP contribution in [0.25, 0.3) is 11.3 Å². The monoisotopic (exact) mass is 325 g/mol. The molecule has 1 fully saturated rings. The largest absolute Gasteiger partial charge is 0.508 e. The van der Waals surface area contributed by atoms with Crippen LogP contribution < -0.4 is 10.6 Å². The van der Waals surface area contributed by atoms with Gasteiger partial charge in [0.15, 0.2) is 0 Å². The zero-order valence-electron chi connectivity index (χ0n) is 13.4. The van der Waals surface area contributed by atoms with Crippen LogP contribution in [0.4, 0.5) is 5.82 Å². The fraction of sp³-hybridized carbons (Fsp3) is 0.353. The highest BCUT2D eigenvalue weighted by molar-refractivity contribution is 5.91. The van der Waals surface area contributed by atoms with E-state index >= 15 is 0 Å². The van der Waals surface area contributed by atoms with Crippen LogP contribution in [0.15, 0.2) is 24.3 Å². The maximum atomic E-state index is 11.6. The van der Waals surface area contributed by atoms with Gasteiger partial charge in [-0.05, 0) is 43.7 Å². The molecule has 0 aliphatic carbocycles. The number of piperidine rings is 1. The van der Waals surface area contributed by atoms with E-state index in [1.54, 1.807) is 28.9 Å². The van der Waals surface area contributed by atoms with Crippen LogP contribution in [0.2, 0.25) is 0 Å². The van der Waals surface area contributed by atoms with Crippen molar-refractivity contribution in [2.75, 3.05) is 18.4 Å². The first-order valence-electron chi connectivity index (χ1n) is 7.90. The van der Waals surface area contributed by atoms with Gasteiger partial charge in [-0.3, -0.25) is 4.79 Å². The number of nitriles is 1. The first-order chi connectivity index (χ1) is 11.6. The van der Waals surface area contributed by atoms with Crippen LogP contribution in [0.1, 0.15) is 31.4 Å². The topological polar surface area (TPSA) is 103 Å². The number of carbonyl (C=O) groups excluding carboxylic acids is 1. The van der Waals surface area contributed by atoms with Gasteiger partial charge in [-0.1, -0.05) is 0 Å². The highest BCUT2D eigenvalue weighted by Crippen LogP contribution is 2.32. The minimum atomic E-state index is -0.242. The van der Waals surface area contributed by atoms with E-state index in [4.69, 9.17) is 0 Å². The summed E-state index contributed by atoms with van der Waals surface area (Å²) < 4.78 is 1.74. The summed E-state index contributed by atoms with van der Waals surface area (Å²) in [6, 6.07) is 8.76. The predicted molar refractivity (Wildman–Crippen MR) is 89.5 cm³/mol. The third kappa shape index (κ3) is 3.09. The van der Waals surface area contributed by atoms with Crippen molar-refractivity contribution >= 4 is 11.7 Å². The number of benzene rings is 1. The Labute approximate surface area is 139 Å². The summed E-state index contributed by atoms with van der Waals surface area (Å²) in [4.78, 5) is 11.6. The van der Waals surface area contributed by atoms with E-state index in [0.29, 0.717) is 17.1 Å². The number of nitrogens with zero attached hydrogens (tertiary/aromatic N) is 3. The molecule has 0 bridgehead atoms. The number of hydrogen-bond acceptors (Lipinski definition) is 5. The van der Waals surface area contributed by atoms with Gasteiger partial charge in [0.2, 0.25) is 5.91 Å². The molecule has 2 aromatic rings. The molecule has 0 spiro atoms. The summed E-state index contributed by atoms with van der Waals surface area (Å²) in [5.74, 6) is 0.339. The Morgan fingerprint density at radius 2 is 2.21 bits per heavy atom. The fourth-order valence-corrected chi connectivity index (χ4v) is 2.95. The third-order valence-corrected chi connectivity index (χ3v) is 4.07. The number of aromatic nitrogens is 2. The second-order valence-corrected chi connectivity index (χ2v) is 5.86. The Bertz CT molecular complexity index is 783. The van der Waals surface area contributed by atoms with E-state index in [2.05, 4.69) is 21.8 Å². The molecule has 1 unspecified atom stereocenters. The molecular formula is C17H19N5O2. The van der Waals surface area contributed by atoms with E-state index in [9.17, 15) is 15.2 Å². The molecule has 0 saturated carbocycles. The first-order valence-corrected chi connectivity index (χ1v) is 7.90. The van der Waals surface area contributed by atoms with Crippen LogP contribution in [0, 0.1) is 11.3 Å². The second-order valence-electron chi connectivity index (χ2n) is 5.86. The highest BCUT2D eigenvalue weighted by atomic mass is 16.3. The summed E-state index contributed by atoms with van der Waals surface area (Å²) in [7, 11) is 0. The van der Waals surface area contributed by atoms with Gasteiger partial charge in [0, 0.05) is 19.0 Å². The van der Waals surface area contributed by atoms with Gasteiger partial charge in [0.25, 0.3) is 0 Å². The van der Waals surface area contributed by atoms with Crippen LogP contribution in [-0.4, -0.2) is 33.9 Å². The van der Waals surface area contributed by atoms with Gasteiger partial charge in [0.1, 0.15) is 28.9 Å². The van der Waals surface area contributed by atoms with Crippen LogP contribution in [0.5, 0.6) is 5.75 Å². The van der Waals surface area contributed by atoms with E-state index in [1.807, 2.05) is 0 Å². The number of anilines is 1. The average molecular weight is 325 g/mol. The molecule has 7 heteroatoms. The Balaban J connectivity index is 2.11. The lowest BCUT2D eigenvalue weighted by atomic mass is 10.1. The number of hydrogen-bond donors (Lipinski definition) is 3. The molecule has 3 rings (SSSR count). The van der Waals surface area contributed by atoms with Gasteiger partial charge >= 0.3 is 0 Å². The van der Waals surface area contributed by atoms with Crippen molar-refractivity contribution in [2.45, 2.75) is 25.8 Å². The minimum absolute atomic E-state index is 0.0820. The van der Waals surface area contributed by atoms with Crippen molar-refractivity contribution in [3.05, 3.63) is 29.8 Å². The molecule has 7 nitrogen and oxygen atoms in total. The Morgan fingerprint density at radius 3 is 2.79 bits per heavy atom. The summed E-state index contributed by atoms with van der Waals surface area (Å²) in [6.45, 7) is 3.12. The maximum Gasteiger partial charge on any atom is 0.222 e. The Hall–Kier alpha value is -2.85. The fourth-order valence-electron chi connectivity index (χ4n) is 2.95. The number of phenols is 1. The zero-order chi connectivity index (χ0) is 17.1. The Kier molecular flexibility index (Phi) is 4.49. The molecule has 124 valence electrons. The Morgan fingerprint density at radius 1 is 1.46 bits per heavy atom. The number of aromatic hydroxyl groups is 1. The average Bonchev–Trinajstić information content (AvgIpc) is 2.94. The number of carbonyl (C=O) groups is 1. The molecule has 1 saturated heterocycles. The van der Waals surface area contributed by atoms with Gasteiger partial charge in [-0.2, -0.15) is 10.4 Å². The minimum Gasteiger partial charge on any atom is -0.508 e. The maximum absolute atomic E-state index is 11.6. The molecule has 1 atom stereocenters. The van der Waals surface area contributed by atoms with Gasteiger partial charge in [0.05, 0.1) is 6.04 Å². The van der Waals surface area contributed by atoms with E-state index in [1.165, 1.54) is 6.92 Å². The quantitative estimate of drug-likeness (QED) is 0.801. The van der Waals surface area contributed by atoms with Crippen molar-refractivity contribution in [1.29, 1.82) is 5.26 Å². The molecule has 0 radical (unpaired) electrons. The van der Waals surface area contributed by atoms with Gasteiger partial charge < -0.3 is 15.7 Å². The lowest BCUT2D eigenvalue weighted by Crippen LogP contribution is -2.33.